The van der Waals surface area contributed by atoms with E-state index in [0.717, 1.165) is 6.07 Å². The summed E-state index contributed by atoms with van der Waals surface area (Å²) < 4.78 is 24.7. The van der Waals surface area contributed by atoms with E-state index in [1.165, 1.54) is 0 Å². The third-order valence-corrected chi connectivity index (χ3v) is 2.26. The zero-order chi connectivity index (χ0) is 11.6. The molecule has 0 aliphatic rings. The van der Waals surface area contributed by atoms with E-state index in [1.807, 2.05) is 0 Å². The second kappa shape index (κ2) is 4.53. The van der Waals surface area contributed by atoms with E-state index in [1.54, 1.807) is 6.92 Å². The highest BCUT2D eigenvalue weighted by Gasteiger charge is 2.15. The van der Waals surface area contributed by atoms with Gasteiger partial charge in [-0.2, -0.15) is 0 Å². The van der Waals surface area contributed by atoms with E-state index < -0.39 is 24.5 Å². The van der Waals surface area contributed by atoms with Crippen LogP contribution in [0.25, 0.3) is 0 Å². The van der Waals surface area contributed by atoms with E-state index in [2.05, 4.69) is 4.98 Å². The predicted molar refractivity (Wildman–Crippen MR) is 50.3 cm³/mol. The maximum Gasteiger partial charge on any atom is 0.309 e. The maximum atomic E-state index is 12.3. The van der Waals surface area contributed by atoms with Crippen LogP contribution in [-0.2, 0) is 11.2 Å². The van der Waals surface area contributed by atoms with Crippen molar-refractivity contribution in [3.63, 3.8) is 0 Å². The first-order valence-electron chi connectivity index (χ1n) is 4.07. The molecule has 0 saturated heterocycles. The van der Waals surface area contributed by atoms with Gasteiger partial charge in [-0.3, -0.25) is 9.78 Å². The van der Waals surface area contributed by atoms with Gasteiger partial charge in [-0.15, -0.1) is 0 Å². The van der Waals surface area contributed by atoms with Crippen molar-refractivity contribution in [2.45, 2.75) is 19.8 Å². The summed E-state index contributed by atoms with van der Waals surface area (Å²) in [4.78, 5) is 14.0. The third kappa shape index (κ3) is 2.86. The Morgan fingerprint density at radius 1 is 1.67 bits per heavy atom. The first-order valence-corrected chi connectivity index (χ1v) is 4.45. The fourth-order valence-electron chi connectivity index (χ4n) is 1.08. The highest BCUT2D eigenvalue weighted by molar-refractivity contribution is 6.31. The van der Waals surface area contributed by atoms with Gasteiger partial charge in [0.05, 0.1) is 12.1 Å². The minimum Gasteiger partial charge on any atom is -0.481 e. The molecule has 1 aromatic heterocycles. The molecule has 1 N–H and O–H groups in total. The molecule has 0 atom stereocenters. The molecule has 1 rings (SSSR count). The van der Waals surface area contributed by atoms with Gasteiger partial charge in [0, 0.05) is 5.02 Å². The fraction of sp³-hybridized carbons (Fsp3) is 0.333. The monoisotopic (exact) mass is 235 g/mol. The van der Waals surface area contributed by atoms with Gasteiger partial charge >= 0.3 is 5.97 Å². The van der Waals surface area contributed by atoms with Gasteiger partial charge in [0.15, 0.2) is 0 Å². The smallest absolute Gasteiger partial charge is 0.309 e. The van der Waals surface area contributed by atoms with Gasteiger partial charge in [0.2, 0.25) is 0 Å². The van der Waals surface area contributed by atoms with Crippen molar-refractivity contribution in [1.29, 1.82) is 0 Å². The van der Waals surface area contributed by atoms with Crippen molar-refractivity contribution in [3.8, 4) is 0 Å². The van der Waals surface area contributed by atoms with Crippen LogP contribution in [0, 0.1) is 6.92 Å². The zero-order valence-electron chi connectivity index (χ0n) is 7.80. The summed E-state index contributed by atoms with van der Waals surface area (Å²) in [6, 6.07) is 1.05. The standard InChI is InChI=1S/C9H8ClF2NO2/c1-4-5(10)2-7(9(11)12)13-6(4)3-8(14)15/h2,9H,3H2,1H3,(H,14,15). The first-order chi connectivity index (χ1) is 6.91. The Bertz CT molecular complexity index is 396. The van der Waals surface area contributed by atoms with Gasteiger partial charge in [0.25, 0.3) is 6.43 Å². The molecule has 6 heteroatoms. The Morgan fingerprint density at radius 3 is 2.73 bits per heavy atom. The Hall–Kier alpha value is -1.23. The molecule has 0 aliphatic heterocycles. The number of halogens is 3. The molecule has 0 amide bonds. The number of rotatable bonds is 3. The van der Waals surface area contributed by atoms with Crippen LogP contribution in [0.5, 0.6) is 0 Å². The number of hydrogen-bond acceptors (Lipinski definition) is 2. The Balaban J connectivity index is 3.18. The SMILES string of the molecule is Cc1c(Cl)cc(C(F)F)nc1CC(=O)O. The van der Waals surface area contributed by atoms with Crippen molar-refractivity contribution in [1.82, 2.24) is 4.98 Å². The molecule has 0 aromatic carbocycles. The van der Waals surface area contributed by atoms with Crippen LogP contribution < -0.4 is 0 Å². The van der Waals surface area contributed by atoms with Gasteiger partial charge in [-0.25, -0.2) is 8.78 Å². The minimum atomic E-state index is -2.75. The highest BCUT2D eigenvalue weighted by Crippen LogP contribution is 2.25. The summed E-state index contributed by atoms with van der Waals surface area (Å²) >= 11 is 5.68. The number of aromatic nitrogens is 1. The van der Waals surface area contributed by atoms with Crippen molar-refractivity contribution in [2.75, 3.05) is 0 Å². The Kier molecular flexibility index (Phi) is 3.57. The second-order valence-electron chi connectivity index (χ2n) is 2.97. The molecule has 82 valence electrons. The molecule has 0 saturated carbocycles. The molecule has 0 aliphatic carbocycles. The van der Waals surface area contributed by atoms with Crippen molar-refractivity contribution >= 4 is 17.6 Å². The van der Waals surface area contributed by atoms with E-state index in [-0.39, 0.29) is 10.7 Å². The number of carboxylic acid groups (broad SMARTS) is 1. The molecule has 3 nitrogen and oxygen atoms in total. The van der Waals surface area contributed by atoms with Crippen molar-refractivity contribution < 1.29 is 18.7 Å². The van der Waals surface area contributed by atoms with Crippen molar-refractivity contribution in [2.24, 2.45) is 0 Å². The summed E-state index contributed by atoms with van der Waals surface area (Å²) in [6.45, 7) is 1.54. The predicted octanol–water partition coefficient (Wildman–Crippen LogP) is 2.61. The number of pyridine rings is 1. The van der Waals surface area contributed by atoms with Crippen molar-refractivity contribution in [3.05, 3.63) is 28.0 Å². The summed E-state index contributed by atoms with van der Waals surface area (Å²) in [7, 11) is 0. The van der Waals surface area contributed by atoms with E-state index in [0.29, 0.717) is 5.56 Å². The topological polar surface area (TPSA) is 50.2 Å². The average Bonchev–Trinajstić information content (AvgIpc) is 2.11. The quantitative estimate of drug-likeness (QED) is 0.876. The lowest BCUT2D eigenvalue weighted by atomic mass is 10.1. The summed E-state index contributed by atoms with van der Waals surface area (Å²) in [6.07, 6.45) is -3.16. The minimum absolute atomic E-state index is 0.0744. The van der Waals surface area contributed by atoms with Crippen LogP contribution in [0.4, 0.5) is 8.78 Å². The number of hydrogen-bond donors (Lipinski definition) is 1. The molecule has 0 radical (unpaired) electrons. The molecular formula is C9H8ClF2NO2. The zero-order valence-corrected chi connectivity index (χ0v) is 8.55. The number of carbonyl (C=O) groups is 1. The summed E-state index contributed by atoms with van der Waals surface area (Å²) in [5.41, 5.74) is -0.00406. The number of nitrogens with zero attached hydrogens (tertiary/aromatic N) is 1. The molecule has 0 fully saturated rings. The first kappa shape index (κ1) is 11.8. The molecule has 0 unspecified atom stereocenters. The lowest BCUT2D eigenvalue weighted by molar-refractivity contribution is -0.136. The number of aliphatic carboxylic acids is 1. The molecule has 1 aromatic rings. The molecular weight excluding hydrogens is 228 g/mol. The van der Waals surface area contributed by atoms with Crippen LogP contribution in [-0.4, -0.2) is 16.1 Å². The number of alkyl halides is 2. The van der Waals surface area contributed by atoms with Gasteiger partial charge in [-0.1, -0.05) is 11.6 Å². The fourth-order valence-corrected chi connectivity index (χ4v) is 1.30. The van der Waals surface area contributed by atoms with Gasteiger partial charge in [0.1, 0.15) is 5.69 Å². The van der Waals surface area contributed by atoms with E-state index in [4.69, 9.17) is 16.7 Å². The lowest BCUT2D eigenvalue weighted by Crippen LogP contribution is -2.07. The maximum absolute atomic E-state index is 12.3. The van der Waals surface area contributed by atoms with Crippen LogP contribution in [0.1, 0.15) is 23.4 Å². The van der Waals surface area contributed by atoms with Crippen LogP contribution in [0.15, 0.2) is 6.07 Å². The molecule has 15 heavy (non-hydrogen) atoms. The Labute approximate surface area is 89.7 Å². The molecule has 0 bridgehead atoms. The largest absolute Gasteiger partial charge is 0.481 e. The second-order valence-corrected chi connectivity index (χ2v) is 3.38. The lowest BCUT2D eigenvalue weighted by Gasteiger charge is -2.07. The normalized spacial score (nSPS) is 10.7. The molecule has 0 spiro atoms. The van der Waals surface area contributed by atoms with Crippen LogP contribution in [0.2, 0.25) is 5.02 Å². The summed E-state index contributed by atoms with van der Waals surface area (Å²) in [5.74, 6) is -1.13. The van der Waals surface area contributed by atoms with Crippen LogP contribution >= 0.6 is 11.6 Å². The molecule has 1 heterocycles. The van der Waals surface area contributed by atoms with E-state index in [9.17, 15) is 13.6 Å². The van der Waals surface area contributed by atoms with Crippen LogP contribution in [0.3, 0.4) is 0 Å². The summed E-state index contributed by atoms with van der Waals surface area (Å²) in [5, 5.41) is 8.65. The average molecular weight is 236 g/mol. The third-order valence-electron chi connectivity index (χ3n) is 1.87. The number of carboxylic acids is 1. The highest BCUT2D eigenvalue weighted by atomic mass is 35.5. The van der Waals surface area contributed by atoms with E-state index >= 15 is 0 Å². The van der Waals surface area contributed by atoms with Gasteiger partial charge in [-0.05, 0) is 18.6 Å². The van der Waals surface area contributed by atoms with Gasteiger partial charge < -0.3 is 5.11 Å². The Morgan fingerprint density at radius 2 is 2.27 bits per heavy atom.